The van der Waals surface area contributed by atoms with Gasteiger partial charge in [0.25, 0.3) is 0 Å². The van der Waals surface area contributed by atoms with Crippen LogP contribution in [0.1, 0.15) is 12.5 Å². The molecular formula is C43H32. The Hall–Kier alpha value is -5.20. The van der Waals surface area contributed by atoms with Gasteiger partial charge in [0.05, 0.1) is 0 Å². The predicted molar refractivity (Wildman–Crippen MR) is 185 cm³/mol. The zero-order valence-electron chi connectivity index (χ0n) is 24.2. The maximum Gasteiger partial charge on any atom is 0.00874 e. The molecule has 2 unspecified atom stereocenters. The predicted octanol–water partition coefficient (Wildman–Crippen LogP) is 11.7. The van der Waals surface area contributed by atoms with Gasteiger partial charge in [0.15, 0.2) is 0 Å². The molecule has 0 nitrogen and oxygen atoms in total. The van der Waals surface area contributed by atoms with Crippen LogP contribution >= 0.6 is 0 Å². The van der Waals surface area contributed by atoms with Crippen molar-refractivity contribution in [2.45, 2.75) is 6.92 Å². The Balaban J connectivity index is 1.29. The lowest BCUT2D eigenvalue weighted by Gasteiger charge is -2.27. The molecule has 0 saturated carbocycles. The number of hydrogen-bond acceptors (Lipinski definition) is 0. The number of rotatable bonds is 4. The van der Waals surface area contributed by atoms with Crippen molar-refractivity contribution in [2.24, 2.45) is 11.8 Å². The maximum atomic E-state index is 2.49. The minimum Gasteiger partial charge on any atom is -0.0808 e. The molecule has 2 aliphatic rings. The summed E-state index contributed by atoms with van der Waals surface area (Å²) in [6.07, 6.45) is 13.9. The Kier molecular flexibility index (Phi) is 6.27. The van der Waals surface area contributed by atoms with Crippen molar-refractivity contribution in [3.8, 4) is 33.4 Å². The van der Waals surface area contributed by atoms with Crippen molar-refractivity contribution >= 4 is 27.1 Å². The summed E-state index contributed by atoms with van der Waals surface area (Å²) < 4.78 is 0. The van der Waals surface area contributed by atoms with Gasteiger partial charge >= 0.3 is 0 Å². The topological polar surface area (TPSA) is 0 Å². The molecule has 2 atom stereocenters. The second-order valence-corrected chi connectivity index (χ2v) is 11.7. The lowest BCUT2D eigenvalue weighted by molar-refractivity contribution is 0.584. The second-order valence-electron chi connectivity index (χ2n) is 11.7. The number of allylic oxidation sites excluding steroid dienone is 8. The van der Waals surface area contributed by atoms with Crippen molar-refractivity contribution < 1.29 is 0 Å². The van der Waals surface area contributed by atoms with Crippen molar-refractivity contribution in [2.75, 3.05) is 0 Å². The summed E-state index contributed by atoms with van der Waals surface area (Å²) in [6, 6.07) is 46.4. The van der Waals surface area contributed by atoms with Crippen LogP contribution in [0.2, 0.25) is 0 Å². The van der Waals surface area contributed by atoms with Crippen LogP contribution in [-0.4, -0.2) is 0 Å². The van der Waals surface area contributed by atoms with E-state index in [-0.39, 0.29) is 0 Å². The molecule has 0 aliphatic heterocycles. The molecule has 0 heterocycles. The summed E-state index contributed by atoms with van der Waals surface area (Å²) in [5.41, 5.74) is 11.6. The quantitative estimate of drug-likeness (QED) is 0.192. The first kappa shape index (κ1) is 25.5. The van der Waals surface area contributed by atoms with Crippen LogP contribution in [0.5, 0.6) is 0 Å². The third kappa shape index (κ3) is 4.39. The highest BCUT2D eigenvalue weighted by molar-refractivity contribution is 6.19. The van der Waals surface area contributed by atoms with Crippen LogP contribution in [0.15, 0.2) is 169 Å². The summed E-state index contributed by atoms with van der Waals surface area (Å²) in [6.45, 7) is 2.32. The normalized spacial score (nSPS) is 17.5. The Morgan fingerprint density at radius 2 is 0.977 bits per heavy atom. The first-order chi connectivity index (χ1) is 21.3. The van der Waals surface area contributed by atoms with Crippen LogP contribution in [0.4, 0.5) is 0 Å². The summed E-state index contributed by atoms with van der Waals surface area (Å²) >= 11 is 0. The van der Waals surface area contributed by atoms with Crippen molar-refractivity contribution in [3.05, 3.63) is 175 Å². The number of hydrogen-bond donors (Lipinski definition) is 0. The van der Waals surface area contributed by atoms with Gasteiger partial charge in [-0.25, -0.2) is 0 Å². The fourth-order valence-corrected chi connectivity index (χ4v) is 7.06. The van der Waals surface area contributed by atoms with E-state index in [1.54, 1.807) is 0 Å². The number of fused-ring (bicyclic) bond motifs is 3. The molecule has 2 aliphatic carbocycles. The summed E-state index contributed by atoms with van der Waals surface area (Å²) in [5, 5.41) is 5.19. The van der Waals surface area contributed by atoms with Gasteiger partial charge in [-0.3, -0.25) is 0 Å². The van der Waals surface area contributed by atoms with Crippen LogP contribution in [-0.2, 0) is 0 Å². The summed E-state index contributed by atoms with van der Waals surface area (Å²) in [4.78, 5) is 0. The highest BCUT2D eigenvalue weighted by Gasteiger charge is 2.24. The second kappa shape index (κ2) is 10.6. The smallest absolute Gasteiger partial charge is 0.00874 e. The molecule has 0 saturated heterocycles. The van der Waals surface area contributed by atoms with Crippen LogP contribution in [0, 0.1) is 11.8 Å². The molecule has 0 spiro atoms. The monoisotopic (exact) mass is 548 g/mol. The molecule has 0 heteroatoms. The van der Waals surface area contributed by atoms with Gasteiger partial charge in [0, 0.05) is 5.92 Å². The molecule has 204 valence electrons. The van der Waals surface area contributed by atoms with E-state index in [9.17, 15) is 0 Å². The van der Waals surface area contributed by atoms with E-state index in [0.717, 1.165) is 0 Å². The molecule has 0 bridgehead atoms. The Morgan fingerprint density at radius 1 is 0.465 bits per heavy atom. The molecule has 0 amide bonds. The van der Waals surface area contributed by atoms with Gasteiger partial charge in [-0.05, 0) is 77.6 Å². The zero-order valence-corrected chi connectivity index (χ0v) is 24.2. The first-order valence-corrected chi connectivity index (χ1v) is 15.2. The molecule has 0 aromatic heterocycles. The van der Waals surface area contributed by atoms with Crippen LogP contribution in [0.3, 0.4) is 0 Å². The van der Waals surface area contributed by atoms with E-state index in [0.29, 0.717) is 11.8 Å². The lowest BCUT2D eigenvalue weighted by Crippen LogP contribution is -2.14. The van der Waals surface area contributed by atoms with Gasteiger partial charge in [0.1, 0.15) is 0 Å². The standard InChI is InChI=1S/C43H32/c1-29-12-11-15-31-24-27-34(28-41(29)31)43-39-20-9-7-18-37(39)42(38-19-8-10-21-40(38)43)33-25-22-32(23-26-33)36-17-6-5-16-35(36)30-13-3-2-4-14-30/h2-29,41H,1H3. The summed E-state index contributed by atoms with van der Waals surface area (Å²) in [5.74, 6) is 0.899. The van der Waals surface area contributed by atoms with Crippen molar-refractivity contribution in [3.63, 3.8) is 0 Å². The lowest BCUT2D eigenvalue weighted by atomic mass is 9.77. The van der Waals surface area contributed by atoms with Crippen molar-refractivity contribution in [1.82, 2.24) is 0 Å². The van der Waals surface area contributed by atoms with Gasteiger partial charge in [0.2, 0.25) is 0 Å². The van der Waals surface area contributed by atoms with Gasteiger partial charge in [-0.15, -0.1) is 0 Å². The minimum atomic E-state index is 0.411. The molecular weight excluding hydrogens is 516 g/mol. The van der Waals surface area contributed by atoms with Crippen LogP contribution < -0.4 is 0 Å². The largest absolute Gasteiger partial charge is 0.0808 e. The molecule has 6 aromatic carbocycles. The van der Waals surface area contributed by atoms with Gasteiger partial charge in [-0.2, -0.15) is 0 Å². The van der Waals surface area contributed by atoms with E-state index >= 15 is 0 Å². The SMILES string of the molecule is CC1C=CC=C2C=CC(c3c4ccccc4c(-c4ccc(-c5ccccc5-c5ccccc5)cc4)c4ccccc34)=CC21. The highest BCUT2D eigenvalue weighted by atomic mass is 14.3. The molecule has 6 aromatic rings. The van der Waals surface area contributed by atoms with E-state index < -0.39 is 0 Å². The van der Waals surface area contributed by atoms with E-state index in [2.05, 4.69) is 171 Å². The highest BCUT2D eigenvalue weighted by Crippen LogP contribution is 2.45. The van der Waals surface area contributed by atoms with E-state index in [1.807, 2.05) is 0 Å². The third-order valence-corrected chi connectivity index (χ3v) is 9.19. The molecule has 43 heavy (non-hydrogen) atoms. The fourth-order valence-electron chi connectivity index (χ4n) is 7.06. The Morgan fingerprint density at radius 3 is 1.60 bits per heavy atom. The average Bonchev–Trinajstić information content (AvgIpc) is 3.08. The molecule has 0 fully saturated rings. The van der Waals surface area contributed by atoms with Gasteiger partial charge < -0.3 is 0 Å². The minimum absolute atomic E-state index is 0.411. The molecule has 8 rings (SSSR count). The van der Waals surface area contributed by atoms with E-state index in [4.69, 9.17) is 0 Å². The van der Waals surface area contributed by atoms with Crippen LogP contribution in [0.25, 0.3) is 60.5 Å². The van der Waals surface area contributed by atoms with Crippen molar-refractivity contribution in [1.29, 1.82) is 0 Å². The maximum absolute atomic E-state index is 2.49. The van der Waals surface area contributed by atoms with E-state index in [1.165, 1.54) is 71.6 Å². The molecule has 0 N–H and O–H groups in total. The average molecular weight is 549 g/mol. The zero-order chi connectivity index (χ0) is 28.8. The Labute approximate surface area is 253 Å². The number of benzene rings is 6. The summed E-state index contributed by atoms with van der Waals surface area (Å²) in [7, 11) is 0. The third-order valence-electron chi connectivity index (χ3n) is 9.19. The Bertz CT molecular complexity index is 2060. The first-order valence-electron chi connectivity index (χ1n) is 15.2. The molecule has 0 radical (unpaired) electrons. The fraction of sp³-hybridized carbons (Fsp3) is 0.0698. The van der Waals surface area contributed by atoms with Gasteiger partial charge in [-0.1, -0.05) is 171 Å².